The van der Waals surface area contributed by atoms with E-state index in [1.165, 1.54) is 31.7 Å². The molecule has 0 aromatic carbocycles. The lowest BCUT2D eigenvalue weighted by Crippen LogP contribution is -2.41. The Morgan fingerprint density at radius 2 is 2.32 bits per heavy atom. The van der Waals surface area contributed by atoms with Crippen molar-refractivity contribution in [3.8, 4) is 6.07 Å². The zero-order chi connectivity index (χ0) is 13.9. The number of carbonyl (C=O) groups excluding carboxylic acids is 1. The van der Waals surface area contributed by atoms with Gasteiger partial charge in [-0.2, -0.15) is 5.26 Å². The van der Waals surface area contributed by atoms with Gasteiger partial charge in [-0.1, -0.05) is 20.3 Å². The lowest BCUT2D eigenvalue weighted by atomic mass is 9.67. The fourth-order valence-electron chi connectivity index (χ4n) is 2.41. The SMILES string of the molecule is CC(C)(CNC(=O)c1cnccc1C#N)C1CCC1. The van der Waals surface area contributed by atoms with Gasteiger partial charge in [0.2, 0.25) is 0 Å². The van der Waals surface area contributed by atoms with Crippen LogP contribution < -0.4 is 5.32 Å². The summed E-state index contributed by atoms with van der Waals surface area (Å²) in [5.41, 5.74) is 0.839. The standard InChI is InChI=1S/C15H19N3O/c1-15(2,12-4-3-5-12)10-18-14(19)13-9-17-7-6-11(13)8-16/h6-7,9,12H,3-5,10H2,1-2H3,(H,18,19). The molecule has 1 N–H and O–H groups in total. The molecule has 1 amide bonds. The van der Waals surface area contributed by atoms with Crippen LogP contribution in [0.2, 0.25) is 0 Å². The molecule has 0 atom stereocenters. The summed E-state index contributed by atoms with van der Waals surface area (Å²) in [4.78, 5) is 16.0. The molecule has 0 unspecified atom stereocenters. The van der Waals surface area contributed by atoms with Gasteiger partial charge in [0, 0.05) is 18.9 Å². The van der Waals surface area contributed by atoms with Crippen LogP contribution in [0.4, 0.5) is 0 Å². The second kappa shape index (κ2) is 5.40. The molecule has 100 valence electrons. The van der Waals surface area contributed by atoms with Crippen molar-refractivity contribution in [3.05, 3.63) is 29.6 Å². The molecule has 1 aliphatic rings. The number of nitrogens with one attached hydrogen (secondary N) is 1. The molecule has 1 aromatic rings. The summed E-state index contributed by atoms with van der Waals surface area (Å²) in [5, 5.41) is 11.9. The molecule has 1 saturated carbocycles. The molecule has 1 aromatic heterocycles. The Labute approximate surface area is 113 Å². The van der Waals surface area contributed by atoms with Crippen LogP contribution >= 0.6 is 0 Å². The number of amides is 1. The number of pyridine rings is 1. The average Bonchev–Trinajstić information content (AvgIpc) is 2.33. The van der Waals surface area contributed by atoms with E-state index in [1.807, 2.05) is 6.07 Å². The first kappa shape index (κ1) is 13.5. The van der Waals surface area contributed by atoms with Gasteiger partial charge in [-0.15, -0.1) is 0 Å². The van der Waals surface area contributed by atoms with Gasteiger partial charge in [0.1, 0.15) is 6.07 Å². The molecule has 0 aliphatic heterocycles. The second-order valence-corrected chi connectivity index (χ2v) is 5.83. The molecule has 0 saturated heterocycles. The Kier molecular flexibility index (Phi) is 3.84. The summed E-state index contributed by atoms with van der Waals surface area (Å²) in [7, 11) is 0. The van der Waals surface area contributed by atoms with Crippen LogP contribution in [0.5, 0.6) is 0 Å². The molecule has 1 aliphatic carbocycles. The van der Waals surface area contributed by atoms with Crippen molar-refractivity contribution < 1.29 is 4.79 Å². The second-order valence-electron chi connectivity index (χ2n) is 5.83. The van der Waals surface area contributed by atoms with E-state index in [2.05, 4.69) is 24.1 Å². The van der Waals surface area contributed by atoms with Crippen LogP contribution in [0.15, 0.2) is 18.5 Å². The summed E-state index contributed by atoms with van der Waals surface area (Å²) in [6.45, 7) is 5.01. The summed E-state index contributed by atoms with van der Waals surface area (Å²) in [6.07, 6.45) is 6.76. The Bertz CT molecular complexity index is 512. The number of rotatable bonds is 4. The number of carbonyl (C=O) groups is 1. The molecule has 1 heterocycles. The predicted octanol–water partition coefficient (Wildman–Crippen LogP) is 2.51. The van der Waals surface area contributed by atoms with Gasteiger partial charge >= 0.3 is 0 Å². The van der Waals surface area contributed by atoms with Crippen LogP contribution in [0.1, 0.15) is 49.0 Å². The van der Waals surface area contributed by atoms with E-state index in [4.69, 9.17) is 5.26 Å². The Morgan fingerprint density at radius 3 is 2.89 bits per heavy atom. The van der Waals surface area contributed by atoms with Gasteiger partial charge in [-0.25, -0.2) is 0 Å². The zero-order valence-electron chi connectivity index (χ0n) is 11.4. The monoisotopic (exact) mass is 257 g/mol. The third-order valence-electron chi connectivity index (χ3n) is 4.10. The van der Waals surface area contributed by atoms with E-state index in [9.17, 15) is 4.79 Å². The molecule has 19 heavy (non-hydrogen) atoms. The minimum absolute atomic E-state index is 0.114. The van der Waals surface area contributed by atoms with E-state index in [0.717, 1.165) is 0 Å². The largest absolute Gasteiger partial charge is 0.351 e. The highest BCUT2D eigenvalue weighted by atomic mass is 16.1. The first-order valence-corrected chi connectivity index (χ1v) is 6.67. The number of hydrogen-bond acceptors (Lipinski definition) is 3. The Hall–Kier alpha value is -1.89. The summed E-state index contributed by atoms with van der Waals surface area (Å²) < 4.78 is 0. The third-order valence-corrected chi connectivity index (χ3v) is 4.10. The maximum Gasteiger partial charge on any atom is 0.254 e. The van der Waals surface area contributed by atoms with E-state index in [0.29, 0.717) is 23.6 Å². The highest BCUT2D eigenvalue weighted by Crippen LogP contribution is 2.41. The van der Waals surface area contributed by atoms with Crippen molar-refractivity contribution >= 4 is 5.91 Å². The minimum atomic E-state index is -0.211. The summed E-state index contributed by atoms with van der Waals surface area (Å²) in [6, 6.07) is 3.58. The maximum atomic E-state index is 12.1. The highest BCUT2D eigenvalue weighted by molar-refractivity contribution is 5.96. The van der Waals surface area contributed by atoms with Crippen LogP contribution in [0.3, 0.4) is 0 Å². The van der Waals surface area contributed by atoms with Gasteiger partial charge in [-0.05, 0) is 30.2 Å². The number of aromatic nitrogens is 1. The first-order valence-electron chi connectivity index (χ1n) is 6.67. The molecule has 2 rings (SSSR count). The van der Waals surface area contributed by atoms with E-state index in [1.54, 1.807) is 6.07 Å². The van der Waals surface area contributed by atoms with Gasteiger partial charge in [0.25, 0.3) is 5.91 Å². The first-order chi connectivity index (χ1) is 9.04. The van der Waals surface area contributed by atoms with Crippen LogP contribution in [-0.2, 0) is 0 Å². The number of hydrogen-bond donors (Lipinski definition) is 1. The molecule has 4 heteroatoms. The maximum absolute atomic E-state index is 12.1. The fraction of sp³-hybridized carbons (Fsp3) is 0.533. The molecule has 0 bridgehead atoms. The summed E-state index contributed by atoms with van der Waals surface area (Å²) >= 11 is 0. The molecular formula is C15H19N3O. The summed E-state index contributed by atoms with van der Waals surface area (Å²) in [5.74, 6) is 0.481. The molecule has 1 fully saturated rings. The lowest BCUT2D eigenvalue weighted by molar-refractivity contribution is 0.0857. The van der Waals surface area contributed by atoms with Crippen LogP contribution in [0.25, 0.3) is 0 Å². The van der Waals surface area contributed by atoms with Crippen molar-refractivity contribution in [2.45, 2.75) is 33.1 Å². The van der Waals surface area contributed by atoms with Crippen molar-refractivity contribution in [1.82, 2.24) is 10.3 Å². The Morgan fingerprint density at radius 1 is 1.58 bits per heavy atom. The van der Waals surface area contributed by atoms with Crippen molar-refractivity contribution in [2.75, 3.05) is 6.54 Å². The fourth-order valence-corrected chi connectivity index (χ4v) is 2.41. The van der Waals surface area contributed by atoms with E-state index >= 15 is 0 Å². The van der Waals surface area contributed by atoms with Gasteiger partial charge < -0.3 is 5.32 Å². The number of nitriles is 1. The quantitative estimate of drug-likeness (QED) is 0.901. The van der Waals surface area contributed by atoms with Crippen molar-refractivity contribution in [2.24, 2.45) is 11.3 Å². The molecular weight excluding hydrogens is 238 g/mol. The third kappa shape index (κ3) is 2.93. The average molecular weight is 257 g/mol. The van der Waals surface area contributed by atoms with Gasteiger partial charge in [-0.3, -0.25) is 9.78 Å². The van der Waals surface area contributed by atoms with Crippen molar-refractivity contribution in [3.63, 3.8) is 0 Å². The van der Waals surface area contributed by atoms with Crippen LogP contribution in [0, 0.1) is 22.7 Å². The van der Waals surface area contributed by atoms with E-state index in [-0.39, 0.29) is 11.3 Å². The normalized spacial score (nSPS) is 15.4. The molecule has 4 nitrogen and oxygen atoms in total. The van der Waals surface area contributed by atoms with Gasteiger partial charge in [0.05, 0.1) is 11.1 Å². The topological polar surface area (TPSA) is 65.8 Å². The molecule has 0 spiro atoms. The Balaban J connectivity index is 2.00. The zero-order valence-corrected chi connectivity index (χ0v) is 11.4. The number of nitrogens with zero attached hydrogens (tertiary/aromatic N) is 2. The lowest BCUT2D eigenvalue weighted by Gasteiger charge is -2.40. The van der Waals surface area contributed by atoms with Crippen LogP contribution in [-0.4, -0.2) is 17.4 Å². The minimum Gasteiger partial charge on any atom is -0.351 e. The molecule has 0 radical (unpaired) electrons. The van der Waals surface area contributed by atoms with Gasteiger partial charge in [0.15, 0.2) is 0 Å². The van der Waals surface area contributed by atoms with Crippen molar-refractivity contribution in [1.29, 1.82) is 5.26 Å². The van der Waals surface area contributed by atoms with E-state index < -0.39 is 0 Å². The predicted molar refractivity (Wildman–Crippen MR) is 72.4 cm³/mol. The highest BCUT2D eigenvalue weighted by Gasteiger charge is 2.34. The smallest absolute Gasteiger partial charge is 0.254 e.